The molecule has 0 aromatic heterocycles. The fourth-order valence-corrected chi connectivity index (χ4v) is 2.69. The molecule has 2 amide bonds. The second kappa shape index (κ2) is 10.5. The molecule has 1 saturated heterocycles. The third-order valence-corrected chi connectivity index (χ3v) is 3.82. The first-order valence-electron chi connectivity index (χ1n) is 9.09. The molecule has 27 heavy (non-hydrogen) atoms. The monoisotopic (exact) mass is 386 g/mol. The average molecular weight is 386 g/mol. The Morgan fingerprint density at radius 3 is 2.48 bits per heavy atom. The highest BCUT2D eigenvalue weighted by atomic mass is 16.7. The lowest BCUT2D eigenvalue weighted by Gasteiger charge is -2.31. The smallest absolute Gasteiger partial charge is 0.408 e. The summed E-state index contributed by atoms with van der Waals surface area (Å²) in [7, 11) is 0. The normalized spacial score (nSPS) is 16.4. The van der Waals surface area contributed by atoms with Gasteiger partial charge in [0.1, 0.15) is 16.7 Å². The zero-order valence-corrected chi connectivity index (χ0v) is 16.2. The number of nitrogens with one attached hydrogen (secondary N) is 2. The molecule has 0 radical (unpaired) electrons. The number of nitrogens with zero attached hydrogens (tertiary/aromatic N) is 3. The highest BCUT2D eigenvalue weighted by molar-refractivity contribution is 5.85. The van der Waals surface area contributed by atoms with Gasteiger partial charge in [-0.1, -0.05) is 0 Å². The summed E-state index contributed by atoms with van der Waals surface area (Å²) in [5.74, 6) is -0.452. The highest BCUT2D eigenvalue weighted by Crippen LogP contribution is 2.13. The van der Waals surface area contributed by atoms with E-state index in [0.29, 0.717) is 25.9 Å². The Labute approximate surface area is 158 Å². The summed E-state index contributed by atoms with van der Waals surface area (Å²) in [6.45, 7) is 6.86. The van der Waals surface area contributed by atoms with Crippen molar-refractivity contribution in [2.45, 2.75) is 64.5 Å². The number of hydrogen-bond donors (Lipinski definition) is 3. The molecule has 1 fully saturated rings. The van der Waals surface area contributed by atoms with Crippen molar-refractivity contribution in [2.24, 2.45) is 10.8 Å². The Bertz CT molecular complexity index is 554. The van der Waals surface area contributed by atoms with Crippen molar-refractivity contribution >= 4 is 18.0 Å². The molecule has 0 bridgehead atoms. The lowest BCUT2D eigenvalue weighted by Crippen LogP contribution is -2.51. The van der Waals surface area contributed by atoms with Crippen LogP contribution in [0.4, 0.5) is 4.79 Å². The summed E-state index contributed by atoms with van der Waals surface area (Å²) in [6.07, 6.45) is 3.12. The number of alkyl carbamates (subject to hydrolysis) is 1. The predicted molar refractivity (Wildman–Crippen MR) is 99.4 cm³/mol. The van der Waals surface area contributed by atoms with E-state index in [2.05, 4.69) is 15.7 Å². The number of carbonyl (C=O) groups is 2. The Hall–Kier alpha value is -2.59. The van der Waals surface area contributed by atoms with Gasteiger partial charge in [0.25, 0.3) is 5.96 Å². The summed E-state index contributed by atoms with van der Waals surface area (Å²) in [5.41, 5.74) is 4.68. The minimum Gasteiger partial charge on any atom is -0.444 e. The van der Waals surface area contributed by atoms with Gasteiger partial charge in [-0.2, -0.15) is 0 Å². The van der Waals surface area contributed by atoms with E-state index >= 15 is 0 Å². The van der Waals surface area contributed by atoms with E-state index in [1.54, 1.807) is 25.7 Å². The average Bonchev–Trinajstić information content (AvgIpc) is 2.55. The van der Waals surface area contributed by atoms with Gasteiger partial charge in [0.15, 0.2) is 5.03 Å². The maximum Gasteiger partial charge on any atom is 0.408 e. The second-order valence-electron chi connectivity index (χ2n) is 7.38. The highest BCUT2D eigenvalue weighted by Gasteiger charge is 2.28. The van der Waals surface area contributed by atoms with E-state index in [1.807, 2.05) is 0 Å². The molecule has 1 aliphatic heterocycles. The number of hydrazone groups is 1. The summed E-state index contributed by atoms with van der Waals surface area (Å²) in [5, 5.41) is 17.5. The molecule has 0 saturated carbocycles. The first kappa shape index (κ1) is 22.5. The maximum absolute atomic E-state index is 12.8. The Morgan fingerprint density at radius 1 is 1.30 bits per heavy atom. The second-order valence-corrected chi connectivity index (χ2v) is 7.38. The van der Waals surface area contributed by atoms with Crippen LogP contribution in [0.15, 0.2) is 5.10 Å². The van der Waals surface area contributed by atoms with Gasteiger partial charge in [0.05, 0.1) is 0 Å². The Morgan fingerprint density at radius 2 is 1.93 bits per heavy atom. The predicted octanol–water partition coefficient (Wildman–Crippen LogP) is 0.768. The summed E-state index contributed by atoms with van der Waals surface area (Å²) in [4.78, 5) is 36.8. The van der Waals surface area contributed by atoms with Crippen molar-refractivity contribution < 1.29 is 19.4 Å². The summed E-state index contributed by atoms with van der Waals surface area (Å²) >= 11 is 0. The number of guanidine groups is 1. The Kier molecular flexibility index (Phi) is 8.76. The first-order valence-corrected chi connectivity index (χ1v) is 9.09. The fraction of sp³-hybridized carbons (Fsp3) is 0.812. The molecule has 1 rings (SSSR count). The van der Waals surface area contributed by atoms with Crippen LogP contribution in [0.25, 0.3) is 0 Å². The molecule has 1 atom stereocenters. The number of nitrogens with two attached hydrogens (primary N) is 1. The van der Waals surface area contributed by atoms with Crippen LogP contribution in [0, 0.1) is 10.1 Å². The van der Waals surface area contributed by atoms with E-state index in [0.717, 1.165) is 19.3 Å². The zero-order valence-electron chi connectivity index (χ0n) is 16.2. The SMILES string of the molecule is CC(C)(C)OC(=O)N[C@@H](CCCN/C(N)=N/[N+](=O)[O-])C(=O)N1CCCCC1. The molecule has 0 spiro atoms. The van der Waals surface area contributed by atoms with Crippen LogP contribution in [0.1, 0.15) is 52.9 Å². The summed E-state index contributed by atoms with van der Waals surface area (Å²) in [6, 6.07) is -0.728. The van der Waals surface area contributed by atoms with Crippen LogP contribution in [-0.4, -0.2) is 59.2 Å². The maximum atomic E-state index is 12.8. The lowest BCUT2D eigenvalue weighted by atomic mass is 10.1. The van der Waals surface area contributed by atoms with Gasteiger partial charge in [0.2, 0.25) is 5.91 Å². The van der Waals surface area contributed by atoms with E-state index in [4.69, 9.17) is 10.5 Å². The third kappa shape index (κ3) is 9.61. The molecule has 0 unspecified atom stereocenters. The molecule has 0 aromatic carbocycles. The number of rotatable bonds is 7. The quantitative estimate of drug-likeness (QED) is 0.192. The zero-order chi connectivity index (χ0) is 20.4. The minimum atomic E-state index is -0.894. The molecule has 154 valence electrons. The molecule has 1 aliphatic rings. The number of amides is 2. The van der Waals surface area contributed by atoms with Crippen molar-refractivity contribution in [3.8, 4) is 0 Å². The molecule has 4 N–H and O–H groups in total. The number of piperidine rings is 1. The van der Waals surface area contributed by atoms with Gasteiger partial charge in [-0.25, -0.2) is 14.9 Å². The molecule has 1 heterocycles. The number of nitro groups is 1. The number of likely N-dealkylation sites (tertiary alicyclic amines) is 1. The van der Waals surface area contributed by atoms with Gasteiger partial charge in [-0.15, -0.1) is 0 Å². The van der Waals surface area contributed by atoms with E-state index < -0.39 is 22.8 Å². The van der Waals surface area contributed by atoms with Gasteiger partial charge in [-0.05, 0) is 52.9 Å². The lowest BCUT2D eigenvalue weighted by molar-refractivity contribution is -0.485. The van der Waals surface area contributed by atoms with Crippen LogP contribution in [0.5, 0.6) is 0 Å². The number of hydrogen-bond acceptors (Lipinski definition) is 5. The largest absolute Gasteiger partial charge is 0.444 e. The van der Waals surface area contributed by atoms with E-state index in [9.17, 15) is 19.7 Å². The third-order valence-electron chi connectivity index (χ3n) is 3.82. The van der Waals surface area contributed by atoms with Gasteiger partial charge in [-0.3, -0.25) is 4.79 Å². The van der Waals surface area contributed by atoms with Crippen LogP contribution in [0.2, 0.25) is 0 Å². The van der Waals surface area contributed by atoms with Gasteiger partial charge in [0, 0.05) is 19.6 Å². The molecular weight excluding hydrogens is 356 g/mol. The van der Waals surface area contributed by atoms with Crippen LogP contribution in [-0.2, 0) is 9.53 Å². The van der Waals surface area contributed by atoms with Crippen LogP contribution in [0.3, 0.4) is 0 Å². The number of carbonyl (C=O) groups excluding carboxylic acids is 2. The van der Waals surface area contributed by atoms with Crippen LogP contribution >= 0.6 is 0 Å². The standard InChI is InChI=1S/C16H30N6O5/c1-16(2,3)27-15(24)19-12(13(23)21-10-5-4-6-11-21)8-7-9-18-14(17)20-22(25)26/h12H,4-11H2,1-3H3,(H,19,24)(H3,17,18,20)/t12-/m0/s1. The van der Waals surface area contributed by atoms with Crippen LogP contribution < -0.4 is 16.4 Å². The topological polar surface area (TPSA) is 152 Å². The van der Waals surface area contributed by atoms with Crippen molar-refractivity contribution in [3.63, 3.8) is 0 Å². The molecule has 11 heteroatoms. The van der Waals surface area contributed by atoms with E-state index in [-0.39, 0.29) is 18.4 Å². The molecule has 0 aliphatic carbocycles. The van der Waals surface area contributed by atoms with Gasteiger partial charge >= 0.3 is 6.09 Å². The first-order chi connectivity index (χ1) is 12.6. The molecule has 11 nitrogen and oxygen atoms in total. The van der Waals surface area contributed by atoms with Crippen molar-refractivity contribution in [2.75, 3.05) is 19.6 Å². The summed E-state index contributed by atoms with van der Waals surface area (Å²) < 4.78 is 5.24. The molecule has 0 aromatic rings. The Balaban J connectivity index is 2.62. The van der Waals surface area contributed by atoms with Crippen molar-refractivity contribution in [1.29, 1.82) is 0 Å². The minimum absolute atomic E-state index is 0.146. The molecular formula is C16H30N6O5. The fourth-order valence-electron chi connectivity index (χ4n) is 2.69. The number of ether oxygens (including phenoxy) is 1. The van der Waals surface area contributed by atoms with Gasteiger partial charge < -0.3 is 26.0 Å². The van der Waals surface area contributed by atoms with Crippen molar-refractivity contribution in [1.82, 2.24) is 15.5 Å². The van der Waals surface area contributed by atoms with Crippen molar-refractivity contribution in [3.05, 3.63) is 10.1 Å². The van der Waals surface area contributed by atoms with E-state index in [1.165, 1.54) is 0 Å².